The topological polar surface area (TPSA) is 56.3 Å². The average Bonchev–Trinajstić information content (AvgIpc) is 3.60. The summed E-state index contributed by atoms with van der Waals surface area (Å²) in [6.07, 6.45) is 5.18. The van der Waals surface area contributed by atoms with E-state index >= 15 is 0 Å². The van der Waals surface area contributed by atoms with Crippen molar-refractivity contribution in [1.82, 2.24) is 14.7 Å². The number of fused-ring (bicyclic) bond motifs is 1. The van der Waals surface area contributed by atoms with Gasteiger partial charge in [0.2, 0.25) is 12.1 Å². The van der Waals surface area contributed by atoms with Gasteiger partial charge in [0.05, 0.1) is 23.1 Å². The summed E-state index contributed by atoms with van der Waals surface area (Å²) < 4.78 is 13.8. The number of imidazole rings is 1. The number of benzene rings is 3. The molecule has 6 rings (SSSR count). The second-order valence-electron chi connectivity index (χ2n) is 8.52. The maximum absolute atomic E-state index is 6.01. The number of aromatic nitrogens is 3. The van der Waals surface area contributed by atoms with E-state index in [1.165, 1.54) is 16.7 Å². The fourth-order valence-corrected chi connectivity index (χ4v) is 4.49. The minimum atomic E-state index is -0.325. The lowest BCUT2D eigenvalue weighted by molar-refractivity contribution is 0.169. The second-order valence-corrected chi connectivity index (χ2v) is 8.52. The van der Waals surface area contributed by atoms with Crippen LogP contribution in [0.4, 0.5) is 5.88 Å². The Balaban J connectivity index is 1.43. The Kier molecular flexibility index (Phi) is 4.91. The van der Waals surface area contributed by atoms with Crippen LogP contribution in [0, 0.1) is 13.8 Å². The number of rotatable bonds is 5. The van der Waals surface area contributed by atoms with Crippen LogP contribution in [0.2, 0.25) is 0 Å². The molecule has 1 unspecified atom stereocenters. The lowest BCUT2D eigenvalue weighted by Crippen LogP contribution is -2.20. The molecule has 0 saturated heterocycles. The van der Waals surface area contributed by atoms with Crippen LogP contribution in [-0.2, 0) is 11.3 Å². The highest BCUT2D eigenvalue weighted by atomic mass is 16.5. The lowest BCUT2D eigenvalue weighted by Gasteiger charge is -2.23. The van der Waals surface area contributed by atoms with Crippen LogP contribution in [0.5, 0.6) is 0 Å². The smallest absolute Gasteiger partial charge is 0.237 e. The van der Waals surface area contributed by atoms with Gasteiger partial charge in [-0.1, -0.05) is 59.8 Å². The summed E-state index contributed by atoms with van der Waals surface area (Å²) >= 11 is 0. The number of para-hydroxylation sites is 2. The minimum Gasteiger partial charge on any atom is -0.472 e. The van der Waals surface area contributed by atoms with E-state index in [0.717, 1.165) is 27.9 Å². The largest absolute Gasteiger partial charge is 0.472 e. The molecule has 1 aliphatic heterocycles. The molecule has 1 aliphatic rings. The molecule has 3 aromatic carbocycles. The zero-order chi connectivity index (χ0) is 23.1. The number of anilines is 1. The fraction of sp³-hybridized carbons (Fsp3) is 0.143. The Labute approximate surface area is 197 Å². The van der Waals surface area contributed by atoms with E-state index in [1.807, 2.05) is 55.5 Å². The minimum absolute atomic E-state index is 0.325. The van der Waals surface area contributed by atoms with Crippen molar-refractivity contribution in [3.8, 4) is 11.1 Å². The van der Waals surface area contributed by atoms with Crippen molar-refractivity contribution in [2.45, 2.75) is 26.6 Å². The molecule has 0 amide bonds. The molecule has 0 bridgehead atoms. The van der Waals surface area contributed by atoms with Gasteiger partial charge in [-0.3, -0.25) is 4.90 Å². The quantitative estimate of drug-likeness (QED) is 0.313. The zero-order valence-electron chi connectivity index (χ0n) is 19.1. The molecule has 0 aliphatic carbocycles. The molecule has 5 aromatic rings. The molecule has 34 heavy (non-hydrogen) atoms. The van der Waals surface area contributed by atoms with Crippen molar-refractivity contribution in [2.75, 3.05) is 4.90 Å². The fourth-order valence-electron chi connectivity index (χ4n) is 4.49. The first-order valence-corrected chi connectivity index (χ1v) is 11.3. The Bertz CT molecular complexity index is 1500. The van der Waals surface area contributed by atoms with Crippen molar-refractivity contribution in [3.63, 3.8) is 0 Å². The molecule has 0 spiro atoms. The van der Waals surface area contributed by atoms with Crippen molar-refractivity contribution in [1.29, 1.82) is 0 Å². The van der Waals surface area contributed by atoms with Gasteiger partial charge in [-0.25, -0.2) is 4.98 Å². The SMILES string of the molecule is Cc1noc(N2C=COC2c2ccc(-c3ccccc3)c(Cn3cnc4ccccc43)c2)c1C. The molecule has 2 aromatic heterocycles. The second kappa shape index (κ2) is 8.23. The summed E-state index contributed by atoms with van der Waals surface area (Å²) in [5.41, 5.74) is 8.58. The van der Waals surface area contributed by atoms with Gasteiger partial charge in [-0.15, -0.1) is 0 Å². The van der Waals surface area contributed by atoms with Gasteiger partial charge in [-0.05, 0) is 48.7 Å². The van der Waals surface area contributed by atoms with E-state index in [-0.39, 0.29) is 6.23 Å². The molecule has 0 saturated carbocycles. The number of ether oxygens (including phenoxy) is 1. The molecular weight excluding hydrogens is 424 g/mol. The van der Waals surface area contributed by atoms with Gasteiger partial charge < -0.3 is 13.8 Å². The number of nitrogens with zero attached hydrogens (tertiary/aromatic N) is 4. The van der Waals surface area contributed by atoms with Gasteiger partial charge in [0.15, 0.2) is 0 Å². The molecule has 0 fully saturated rings. The van der Waals surface area contributed by atoms with Crippen molar-refractivity contribution in [2.24, 2.45) is 0 Å². The van der Waals surface area contributed by atoms with Gasteiger partial charge >= 0.3 is 0 Å². The van der Waals surface area contributed by atoms with Crippen LogP contribution >= 0.6 is 0 Å². The number of hydrogen-bond acceptors (Lipinski definition) is 5. The number of hydrogen-bond donors (Lipinski definition) is 0. The van der Waals surface area contributed by atoms with Gasteiger partial charge in [-0.2, -0.15) is 0 Å². The first-order valence-electron chi connectivity index (χ1n) is 11.3. The van der Waals surface area contributed by atoms with Crippen LogP contribution in [0.1, 0.15) is 28.6 Å². The van der Waals surface area contributed by atoms with E-state index in [4.69, 9.17) is 9.26 Å². The van der Waals surface area contributed by atoms with E-state index in [9.17, 15) is 0 Å². The predicted molar refractivity (Wildman–Crippen MR) is 132 cm³/mol. The van der Waals surface area contributed by atoms with E-state index in [2.05, 4.69) is 63.2 Å². The van der Waals surface area contributed by atoms with Gasteiger partial charge in [0.1, 0.15) is 6.26 Å². The summed E-state index contributed by atoms with van der Waals surface area (Å²) in [5, 5.41) is 4.12. The lowest BCUT2D eigenvalue weighted by atomic mass is 9.96. The summed E-state index contributed by atoms with van der Waals surface area (Å²) in [5.74, 6) is 0.700. The standard InChI is InChI=1S/C28H24N4O2/c1-19-20(2)30-34-27(19)32-14-15-33-28(32)22-12-13-24(21-8-4-3-5-9-21)23(16-22)17-31-18-29-25-10-6-7-11-26(25)31/h3-16,18,28H,17H2,1-2H3. The van der Waals surface area contributed by atoms with Crippen LogP contribution in [0.25, 0.3) is 22.2 Å². The zero-order valence-corrected chi connectivity index (χ0v) is 19.1. The molecular formula is C28H24N4O2. The van der Waals surface area contributed by atoms with Gasteiger partial charge in [0.25, 0.3) is 0 Å². The molecule has 0 N–H and O–H groups in total. The highest BCUT2D eigenvalue weighted by Crippen LogP contribution is 2.37. The Morgan fingerprint density at radius 3 is 2.59 bits per heavy atom. The Hall–Kier alpha value is -4.32. The highest BCUT2D eigenvalue weighted by Gasteiger charge is 2.29. The normalized spacial score (nSPS) is 15.2. The first kappa shape index (κ1) is 20.3. The monoisotopic (exact) mass is 448 g/mol. The van der Waals surface area contributed by atoms with Crippen LogP contribution < -0.4 is 4.90 Å². The molecule has 6 nitrogen and oxygen atoms in total. The molecule has 1 atom stereocenters. The van der Waals surface area contributed by atoms with Crippen molar-refractivity contribution < 1.29 is 9.26 Å². The van der Waals surface area contributed by atoms with E-state index in [0.29, 0.717) is 12.4 Å². The Morgan fingerprint density at radius 2 is 1.76 bits per heavy atom. The summed E-state index contributed by atoms with van der Waals surface area (Å²) in [6.45, 7) is 4.65. The van der Waals surface area contributed by atoms with Crippen molar-refractivity contribution >= 4 is 16.9 Å². The molecule has 6 heteroatoms. The summed E-state index contributed by atoms with van der Waals surface area (Å²) in [6, 6.07) is 25.2. The van der Waals surface area contributed by atoms with Crippen LogP contribution in [-0.4, -0.2) is 14.7 Å². The Morgan fingerprint density at radius 1 is 0.941 bits per heavy atom. The third-order valence-electron chi connectivity index (χ3n) is 6.42. The van der Waals surface area contributed by atoms with Gasteiger partial charge in [0, 0.05) is 23.9 Å². The average molecular weight is 449 g/mol. The number of aryl methyl sites for hydroxylation is 1. The summed E-state index contributed by atoms with van der Waals surface area (Å²) in [7, 11) is 0. The predicted octanol–water partition coefficient (Wildman–Crippen LogP) is 6.36. The maximum atomic E-state index is 6.01. The highest BCUT2D eigenvalue weighted by molar-refractivity contribution is 5.75. The first-order chi connectivity index (χ1) is 16.7. The third-order valence-corrected chi connectivity index (χ3v) is 6.42. The van der Waals surface area contributed by atoms with E-state index < -0.39 is 0 Å². The van der Waals surface area contributed by atoms with Crippen LogP contribution in [0.15, 0.2) is 96.1 Å². The molecule has 3 heterocycles. The summed E-state index contributed by atoms with van der Waals surface area (Å²) in [4.78, 5) is 6.57. The third kappa shape index (κ3) is 3.44. The maximum Gasteiger partial charge on any atom is 0.237 e. The molecule has 0 radical (unpaired) electrons. The van der Waals surface area contributed by atoms with Crippen molar-refractivity contribution in [3.05, 3.63) is 114 Å². The molecule has 168 valence electrons. The van der Waals surface area contributed by atoms with E-state index in [1.54, 1.807) is 6.26 Å². The van der Waals surface area contributed by atoms with Crippen LogP contribution in [0.3, 0.4) is 0 Å².